The summed E-state index contributed by atoms with van der Waals surface area (Å²) in [6, 6.07) is 6.06. The van der Waals surface area contributed by atoms with Gasteiger partial charge in [-0.15, -0.1) is 0 Å². The van der Waals surface area contributed by atoms with Gasteiger partial charge in [-0.3, -0.25) is 0 Å². The van der Waals surface area contributed by atoms with Crippen LogP contribution in [0, 0.1) is 0 Å². The van der Waals surface area contributed by atoms with Crippen molar-refractivity contribution in [2.45, 2.75) is 32.7 Å². The van der Waals surface area contributed by atoms with Crippen molar-refractivity contribution < 1.29 is 9.47 Å². The second-order valence-electron chi connectivity index (χ2n) is 4.23. The largest absolute Gasteiger partial charge is 0.497 e. The van der Waals surface area contributed by atoms with E-state index < -0.39 is 0 Å². The topological polar surface area (TPSA) is 44.5 Å². The Morgan fingerprint density at radius 1 is 1.39 bits per heavy atom. The highest BCUT2D eigenvalue weighted by atomic mass is 16.5. The standard InChI is InChI=1S/C15H23NO2/c1-4-6-9-18-15-11-14(17-3)8-7-12(15)10-13(16)5-2/h4,6-8,11,13H,5,9-10,16H2,1-3H3/b6-4+. The highest BCUT2D eigenvalue weighted by Crippen LogP contribution is 2.26. The normalized spacial score (nSPS) is 12.7. The number of nitrogens with two attached hydrogens (primary N) is 1. The van der Waals surface area contributed by atoms with Crippen LogP contribution < -0.4 is 15.2 Å². The molecule has 1 unspecified atom stereocenters. The minimum Gasteiger partial charge on any atom is -0.497 e. The van der Waals surface area contributed by atoms with Crippen molar-refractivity contribution in [1.29, 1.82) is 0 Å². The molecule has 0 aromatic heterocycles. The van der Waals surface area contributed by atoms with Crippen molar-refractivity contribution >= 4 is 0 Å². The van der Waals surface area contributed by atoms with Crippen LogP contribution in [0.1, 0.15) is 25.8 Å². The number of methoxy groups -OCH3 is 1. The molecular weight excluding hydrogens is 226 g/mol. The Morgan fingerprint density at radius 2 is 2.17 bits per heavy atom. The quantitative estimate of drug-likeness (QED) is 0.756. The molecule has 0 aliphatic carbocycles. The smallest absolute Gasteiger partial charge is 0.126 e. The molecule has 0 fully saturated rings. The van der Waals surface area contributed by atoms with E-state index in [0.29, 0.717) is 6.61 Å². The summed E-state index contributed by atoms with van der Waals surface area (Å²) < 4.78 is 11.0. The maximum atomic E-state index is 6.00. The van der Waals surface area contributed by atoms with Gasteiger partial charge in [-0.2, -0.15) is 0 Å². The third kappa shape index (κ3) is 4.41. The molecule has 2 N–H and O–H groups in total. The molecule has 3 nitrogen and oxygen atoms in total. The van der Waals surface area contributed by atoms with Crippen LogP contribution in [0.3, 0.4) is 0 Å². The zero-order valence-electron chi connectivity index (χ0n) is 11.5. The average Bonchev–Trinajstić information content (AvgIpc) is 2.40. The summed E-state index contributed by atoms with van der Waals surface area (Å²) in [4.78, 5) is 0. The van der Waals surface area contributed by atoms with Gasteiger partial charge in [0.25, 0.3) is 0 Å². The van der Waals surface area contributed by atoms with E-state index in [-0.39, 0.29) is 6.04 Å². The second kappa shape index (κ2) is 7.77. The zero-order chi connectivity index (χ0) is 13.4. The van der Waals surface area contributed by atoms with E-state index in [0.717, 1.165) is 29.9 Å². The molecule has 0 bridgehead atoms. The molecule has 3 heteroatoms. The summed E-state index contributed by atoms with van der Waals surface area (Å²) in [7, 11) is 1.66. The maximum Gasteiger partial charge on any atom is 0.126 e. The molecule has 1 aromatic carbocycles. The summed E-state index contributed by atoms with van der Waals surface area (Å²) in [5, 5.41) is 0. The Bertz CT molecular complexity index is 388. The van der Waals surface area contributed by atoms with Crippen LogP contribution in [-0.2, 0) is 6.42 Å². The van der Waals surface area contributed by atoms with Crippen LogP contribution >= 0.6 is 0 Å². The average molecular weight is 249 g/mol. The van der Waals surface area contributed by atoms with Crippen molar-refractivity contribution in [3.05, 3.63) is 35.9 Å². The minimum absolute atomic E-state index is 0.169. The monoisotopic (exact) mass is 249 g/mol. The fourth-order valence-electron chi connectivity index (χ4n) is 1.63. The number of ether oxygens (including phenoxy) is 2. The van der Waals surface area contributed by atoms with E-state index >= 15 is 0 Å². The Labute approximate surface area is 110 Å². The summed E-state index contributed by atoms with van der Waals surface area (Å²) in [6.45, 7) is 4.63. The number of hydrogen-bond donors (Lipinski definition) is 1. The van der Waals surface area contributed by atoms with Crippen LogP contribution in [0.5, 0.6) is 11.5 Å². The Morgan fingerprint density at radius 3 is 2.78 bits per heavy atom. The molecule has 0 spiro atoms. The van der Waals surface area contributed by atoms with Crippen LogP contribution in [0.15, 0.2) is 30.4 Å². The number of benzene rings is 1. The fraction of sp³-hybridized carbons (Fsp3) is 0.467. The highest BCUT2D eigenvalue weighted by molar-refractivity contribution is 5.41. The third-order valence-corrected chi connectivity index (χ3v) is 2.85. The van der Waals surface area contributed by atoms with Gasteiger partial charge in [-0.05, 0) is 31.4 Å². The highest BCUT2D eigenvalue weighted by Gasteiger charge is 2.09. The lowest BCUT2D eigenvalue weighted by atomic mass is 10.0. The van der Waals surface area contributed by atoms with Crippen molar-refractivity contribution in [2.75, 3.05) is 13.7 Å². The van der Waals surface area contributed by atoms with Crippen molar-refractivity contribution in [2.24, 2.45) is 5.73 Å². The lowest BCUT2D eigenvalue weighted by molar-refractivity contribution is 0.351. The lowest BCUT2D eigenvalue weighted by Crippen LogP contribution is -2.21. The Kier molecular flexibility index (Phi) is 6.29. The predicted molar refractivity (Wildman–Crippen MR) is 75.3 cm³/mol. The van der Waals surface area contributed by atoms with E-state index in [1.807, 2.05) is 37.3 Å². The van der Waals surface area contributed by atoms with Crippen molar-refractivity contribution in [1.82, 2.24) is 0 Å². The van der Waals surface area contributed by atoms with E-state index in [1.54, 1.807) is 7.11 Å². The predicted octanol–water partition coefficient (Wildman–Crippen LogP) is 2.93. The molecule has 0 heterocycles. The van der Waals surface area contributed by atoms with Gasteiger partial charge in [-0.25, -0.2) is 0 Å². The second-order valence-corrected chi connectivity index (χ2v) is 4.23. The molecule has 0 aliphatic heterocycles. The van der Waals surface area contributed by atoms with Crippen molar-refractivity contribution in [3.8, 4) is 11.5 Å². The molecule has 1 atom stereocenters. The minimum atomic E-state index is 0.169. The summed E-state index contributed by atoms with van der Waals surface area (Å²) >= 11 is 0. The molecule has 1 rings (SSSR count). The van der Waals surface area contributed by atoms with Crippen molar-refractivity contribution in [3.63, 3.8) is 0 Å². The molecule has 0 aliphatic rings. The van der Waals surface area contributed by atoms with E-state index in [2.05, 4.69) is 6.92 Å². The van der Waals surface area contributed by atoms with Gasteiger partial charge in [-0.1, -0.05) is 25.1 Å². The van der Waals surface area contributed by atoms with Gasteiger partial charge in [0.15, 0.2) is 0 Å². The van der Waals surface area contributed by atoms with E-state index in [1.165, 1.54) is 0 Å². The molecule has 1 aromatic rings. The molecule has 0 saturated heterocycles. The molecule has 100 valence electrons. The molecular formula is C15H23NO2. The van der Waals surface area contributed by atoms with Gasteiger partial charge in [0.2, 0.25) is 0 Å². The molecule has 0 amide bonds. The van der Waals surface area contributed by atoms with Gasteiger partial charge < -0.3 is 15.2 Å². The van der Waals surface area contributed by atoms with Gasteiger partial charge in [0, 0.05) is 12.1 Å². The van der Waals surface area contributed by atoms with Crippen LogP contribution in [0.2, 0.25) is 0 Å². The van der Waals surface area contributed by atoms with E-state index in [4.69, 9.17) is 15.2 Å². The molecule has 0 saturated carbocycles. The number of rotatable bonds is 7. The maximum absolute atomic E-state index is 6.00. The lowest BCUT2D eigenvalue weighted by Gasteiger charge is -2.14. The fourth-order valence-corrected chi connectivity index (χ4v) is 1.63. The zero-order valence-corrected chi connectivity index (χ0v) is 11.5. The summed E-state index contributed by atoms with van der Waals surface area (Å²) in [6.07, 6.45) is 5.73. The Balaban J connectivity index is 2.85. The van der Waals surface area contributed by atoms with Gasteiger partial charge in [0.1, 0.15) is 18.1 Å². The van der Waals surface area contributed by atoms with Gasteiger partial charge >= 0.3 is 0 Å². The van der Waals surface area contributed by atoms with Crippen LogP contribution in [-0.4, -0.2) is 19.8 Å². The number of allylic oxidation sites excluding steroid dienone is 1. The first-order valence-electron chi connectivity index (χ1n) is 6.37. The first-order chi connectivity index (χ1) is 8.71. The SMILES string of the molecule is C/C=C/COc1cc(OC)ccc1CC(N)CC. The third-order valence-electron chi connectivity index (χ3n) is 2.85. The Hall–Kier alpha value is -1.48. The van der Waals surface area contributed by atoms with Crippen LogP contribution in [0.25, 0.3) is 0 Å². The van der Waals surface area contributed by atoms with Crippen LogP contribution in [0.4, 0.5) is 0 Å². The first kappa shape index (κ1) is 14.6. The van der Waals surface area contributed by atoms with E-state index in [9.17, 15) is 0 Å². The first-order valence-corrected chi connectivity index (χ1v) is 6.37. The number of hydrogen-bond acceptors (Lipinski definition) is 3. The summed E-state index contributed by atoms with van der Waals surface area (Å²) in [5.74, 6) is 1.66. The molecule has 0 radical (unpaired) electrons. The summed E-state index contributed by atoms with van der Waals surface area (Å²) in [5.41, 5.74) is 7.13. The van der Waals surface area contributed by atoms with Gasteiger partial charge in [0.05, 0.1) is 7.11 Å². The molecule has 18 heavy (non-hydrogen) atoms.